The van der Waals surface area contributed by atoms with Crippen LogP contribution in [-0.2, 0) is 9.53 Å². The van der Waals surface area contributed by atoms with Gasteiger partial charge in [-0.3, -0.25) is 4.79 Å². The topological polar surface area (TPSA) is 121 Å². The Labute approximate surface area is 227 Å². The molecule has 2 aromatic heterocycles. The largest absolute Gasteiger partial charge is 0.461 e. The highest BCUT2D eigenvalue weighted by molar-refractivity contribution is 7.30. The van der Waals surface area contributed by atoms with Gasteiger partial charge < -0.3 is 15.0 Å². The molecule has 38 heavy (non-hydrogen) atoms. The van der Waals surface area contributed by atoms with Crippen molar-refractivity contribution in [1.82, 2.24) is 10.3 Å². The number of anilines is 1. The highest BCUT2D eigenvalue weighted by atomic mass is 32.1. The van der Waals surface area contributed by atoms with E-state index in [1.807, 2.05) is 37.3 Å². The molecule has 0 bridgehead atoms. The minimum absolute atomic E-state index is 0.146. The van der Waals surface area contributed by atoms with Gasteiger partial charge in [0, 0.05) is 30.9 Å². The first-order valence-corrected chi connectivity index (χ1v) is 13.3. The molecule has 1 N–H and O–H groups in total. The third kappa shape index (κ3) is 6.93. The second kappa shape index (κ2) is 12.8. The number of hydrogen-bond acceptors (Lipinski definition) is 11. The number of nitrogens with zero attached hydrogens (tertiary/aromatic N) is 6. The zero-order chi connectivity index (χ0) is 26.9. The molecule has 4 aromatic rings. The molecule has 4 rings (SSSR count). The van der Waals surface area contributed by atoms with E-state index in [9.17, 15) is 9.59 Å². The molecule has 2 aromatic carbocycles. The van der Waals surface area contributed by atoms with Crippen LogP contribution in [0.2, 0.25) is 0 Å². The molecule has 0 aliphatic rings. The number of fused-ring (bicyclic) bond motifs is 1. The van der Waals surface area contributed by atoms with Crippen molar-refractivity contribution in [3.63, 3.8) is 0 Å². The fourth-order valence-electron chi connectivity index (χ4n) is 3.35. The van der Waals surface area contributed by atoms with E-state index in [-0.39, 0.29) is 12.5 Å². The predicted octanol–water partition coefficient (Wildman–Crippen LogP) is 7.10. The average molecular weight is 548 g/mol. The Morgan fingerprint density at radius 2 is 1.71 bits per heavy atom. The molecular weight excluding hydrogens is 522 g/mol. The Balaban J connectivity index is 1.35. The van der Waals surface area contributed by atoms with Crippen molar-refractivity contribution in [3.05, 3.63) is 72.8 Å². The van der Waals surface area contributed by atoms with Crippen molar-refractivity contribution in [1.29, 1.82) is 0 Å². The molecule has 0 atom stereocenters. The van der Waals surface area contributed by atoms with Crippen LogP contribution < -0.4 is 10.2 Å². The first-order valence-electron chi connectivity index (χ1n) is 11.7. The summed E-state index contributed by atoms with van der Waals surface area (Å²) in [4.78, 5) is 30.3. The van der Waals surface area contributed by atoms with E-state index in [0.29, 0.717) is 28.6 Å². The van der Waals surface area contributed by atoms with E-state index < -0.39 is 5.97 Å². The Kier molecular flexibility index (Phi) is 9.01. The summed E-state index contributed by atoms with van der Waals surface area (Å²) in [7, 11) is 1.59. The van der Waals surface area contributed by atoms with Gasteiger partial charge >= 0.3 is 5.97 Å². The quantitative estimate of drug-likeness (QED) is 0.122. The van der Waals surface area contributed by atoms with Crippen LogP contribution in [0.5, 0.6) is 0 Å². The van der Waals surface area contributed by atoms with E-state index in [1.165, 1.54) is 22.7 Å². The third-order valence-corrected chi connectivity index (χ3v) is 7.23. The van der Waals surface area contributed by atoms with Gasteiger partial charge in [0.25, 0.3) is 5.91 Å². The second-order valence-electron chi connectivity index (χ2n) is 7.74. The molecule has 194 valence electrons. The smallest absolute Gasteiger partial charge is 0.330 e. The summed E-state index contributed by atoms with van der Waals surface area (Å²) in [6.45, 7) is 7.08. The van der Waals surface area contributed by atoms with Crippen LogP contribution in [0.4, 0.5) is 27.2 Å². The Morgan fingerprint density at radius 1 is 1.03 bits per heavy atom. The zero-order valence-electron chi connectivity index (χ0n) is 20.8. The summed E-state index contributed by atoms with van der Waals surface area (Å²) in [5.74, 6) is -0.572. The Bertz CT molecular complexity index is 1440. The van der Waals surface area contributed by atoms with Crippen molar-refractivity contribution in [2.75, 3.05) is 31.6 Å². The number of ether oxygens (including phenoxy) is 1. The minimum Gasteiger partial charge on any atom is -0.461 e. The van der Waals surface area contributed by atoms with Gasteiger partial charge in [0.1, 0.15) is 16.4 Å². The predicted molar refractivity (Wildman–Crippen MR) is 151 cm³/mol. The minimum atomic E-state index is -0.426. The summed E-state index contributed by atoms with van der Waals surface area (Å²) in [5.41, 5.74) is 2.93. The van der Waals surface area contributed by atoms with Crippen molar-refractivity contribution in [2.24, 2.45) is 20.5 Å². The second-order valence-corrected chi connectivity index (χ2v) is 9.76. The zero-order valence-corrected chi connectivity index (χ0v) is 22.5. The summed E-state index contributed by atoms with van der Waals surface area (Å²) >= 11 is 2.85. The van der Waals surface area contributed by atoms with Crippen LogP contribution >= 0.6 is 22.7 Å². The maximum Gasteiger partial charge on any atom is 0.330 e. The molecule has 0 fully saturated rings. The lowest BCUT2D eigenvalue weighted by molar-refractivity contribution is -0.137. The van der Waals surface area contributed by atoms with E-state index in [2.05, 4.69) is 42.2 Å². The summed E-state index contributed by atoms with van der Waals surface area (Å²) < 4.78 is 6.03. The average Bonchev–Trinajstić information content (AvgIpc) is 3.51. The molecule has 0 saturated carbocycles. The number of thiazole rings is 1. The number of rotatable bonds is 11. The number of nitrogens with one attached hydrogen (secondary N) is 1. The SMILES string of the molecule is C=CC(=O)OCCN(CC)c1ccc(N=Nc2nc3sc(N=Nc4ccc(C(=O)NC)cc4)cc3s2)cc1. The standard InChI is InChI=1S/C26H25N7O3S2/c1-4-23(34)36-15-14-33(5-2)20-12-10-19(11-13-20)30-32-26-28-25-21(37-26)16-22(38-25)31-29-18-8-6-17(7-9-18)24(35)27-3/h4,6-13,16H,1,5,14-15H2,2-3H3,(H,27,35). The van der Waals surface area contributed by atoms with E-state index in [1.54, 1.807) is 31.3 Å². The molecule has 0 spiro atoms. The van der Waals surface area contributed by atoms with E-state index >= 15 is 0 Å². The van der Waals surface area contributed by atoms with E-state index in [4.69, 9.17) is 4.74 Å². The fourth-order valence-corrected chi connectivity index (χ4v) is 5.20. The number of likely N-dealkylation sites (N-methyl/N-ethyl adjacent to an activating group) is 1. The maximum absolute atomic E-state index is 11.6. The van der Waals surface area contributed by atoms with Gasteiger partial charge in [0.15, 0.2) is 0 Å². The van der Waals surface area contributed by atoms with Gasteiger partial charge in [-0.1, -0.05) is 29.3 Å². The maximum atomic E-state index is 11.6. The Morgan fingerprint density at radius 3 is 2.34 bits per heavy atom. The van der Waals surface area contributed by atoms with Crippen LogP contribution in [0, 0.1) is 0 Å². The van der Waals surface area contributed by atoms with Gasteiger partial charge in [-0.25, -0.2) is 9.78 Å². The molecule has 0 aliphatic carbocycles. The third-order valence-electron chi connectivity index (χ3n) is 5.31. The summed E-state index contributed by atoms with van der Waals surface area (Å²) in [5, 5.41) is 21.0. The van der Waals surface area contributed by atoms with Crippen molar-refractivity contribution in [3.8, 4) is 0 Å². The number of hydrogen-bond donors (Lipinski definition) is 1. The van der Waals surface area contributed by atoms with Gasteiger partial charge in [0.05, 0.1) is 22.6 Å². The molecule has 12 heteroatoms. The first-order chi connectivity index (χ1) is 18.5. The van der Waals surface area contributed by atoms with Crippen LogP contribution in [0.3, 0.4) is 0 Å². The monoisotopic (exact) mass is 547 g/mol. The number of carbonyl (C=O) groups is 2. The van der Waals surface area contributed by atoms with E-state index in [0.717, 1.165) is 32.8 Å². The molecule has 10 nitrogen and oxygen atoms in total. The van der Waals surface area contributed by atoms with Gasteiger partial charge in [0.2, 0.25) is 5.13 Å². The van der Waals surface area contributed by atoms with Crippen LogP contribution in [-0.4, -0.2) is 43.6 Å². The van der Waals surface area contributed by atoms with Gasteiger partial charge in [-0.2, -0.15) is 0 Å². The Hall–Kier alpha value is -4.29. The summed E-state index contributed by atoms with van der Waals surface area (Å²) in [6, 6.07) is 16.5. The first kappa shape index (κ1) is 26.8. The van der Waals surface area contributed by atoms with Crippen LogP contribution in [0.15, 0.2) is 87.7 Å². The highest BCUT2D eigenvalue weighted by Crippen LogP contribution is 2.39. The molecule has 0 aliphatic heterocycles. The van der Waals surface area contributed by atoms with Gasteiger partial charge in [-0.15, -0.1) is 20.5 Å². The normalized spacial score (nSPS) is 11.3. The number of esters is 1. The van der Waals surface area contributed by atoms with Crippen LogP contribution in [0.25, 0.3) is 9.53 Å². The lowest BCUT2D eigenvalue weighted by Crippen LogP contribution is -2.27. The highest BCUT2D eigenvalue weighted by Gasteiger charge is 2.09. The lowest BCUT2D eigenvalue weighted by atomic mass is 10.2. The molecular formula is C26H25N7O3S2. The number of carbonyl (C=O) groups excluding carboxylic acids is 2. The molecule has 0 radical (unpaired) electrons. The van der Waals surface area contributed by atoms with Gasteiger partial charge in [-0.05, 0) is 61.5 Å². The number of benzene rings is 2. The number of aromatic nitrogens is 1. The lowest BCUT2D eigenvalue weighted by Gasteiger charge is -2.22. The van der Waals surface area contributed by atoms with Crippen molar-refractivity contribution < 1.29 is 14.3 Å². The molecule has 2 heterocycles. The fraction of sp³-hybridized carbons (Fsp3) is 0.192. The van der Waals surface area contributed by atoms with Crippen molar-refractivity contribution >= 4 is 71.3 Å². The number of thiophene rings is 1. The molecule has 1 amide bonds. The molecule has 0 saturated heterocycles. The summed E-state index contributed by atoms with van der Waals surface area (Å²) in [6.07, 6.45) is 1.16. The number of azo groups is 2. The molecule has 0 unspecified atom stereocenters. The van der Waals surface area contributed by atoms with Crippen LogP contribution in [0.1, 0.15) is 17.3 Å². The number of amides is 1. The van der Waals surface area contributed by atoms with Crippen molar-refractivity contribution in [2.45, 2.75) is 6.92 Å².